The van der Waals surface area contributed by atoms with Gasteiger partial charge in [0.15, 0.2) is 29.3 Å². The standard InChI is InChI=1S/C26H34O12/c1-12-7-15(27)10-25(3,4)26(12,35)6-5-13(2)37-24-22(33)21(32)20(31)18(38-24)11-36-23(34)14-8-16(28)19(30)17(29)9-14/h5-9,13,18,20-22,24,28-33,35H,10-11H2,1-4H3/b6-5+/t13-,18+,20+,21-,22+,24+,26-/m1/s1. The minimum atomic E-state index is -1.71. The minimum Gasteiger partial charge on any atom is -0.504 e. The number of aliphatic hydroxyl groups excluding tert-OH is 3. The Hall–Kier alpha value is -3.00. The number of carbonyl (C=O) groups excluding carboxylic acids is 2. The van der Waals surface area contributed by atoms with Gasteiger partial charge in [0.25, 0.3) is 0 Å². The number of ketones is 1. The Balaban J connectivity index is 1.67. The van der Waals surface area contributed by atoms with Gasteiger partial charge in [0.2, 0.25) is 0 Å². The number of hydrogen-bond donors (Lipinski definition) is 7. The van der Waals surface area contributed by atoms with E-state index in [0.29, 0.717) is 5.57 Å². The Morgan fingerprint density at radius 2 is 1.74 bits per heavy atom. The van der Waals surface area contributed by atoms with Crippen molar-refractivity contribution in [3.05, 3.63) is 41.5 Å². The largest absolute Gasteiger partial charge is 0.504 e. The van der Waals surface area contributed by atoms with Gasteiger partial charge in [0, 0.05) is 11.8 Å². The Morgan fingerprint density at radius 3 is 2.32 bits per heavy atom. The van der Waals surface area contributed by atoms with Crippen molar-refractivity contribution in [2.75, 3.05) is 6.61 Å². The lowest BCUT2D eigenvalue weighted by molar-refractivity contribution is -0.306. The van der Waals surface area contributed by atoms with E-state index in [9.17, 15) is 45.3 Å². The zero-order valence-electron chi connectivity index (χ0n) is 21.4. The van der Waals surface area contributed by atoms with Crippen molar-refractivity contribution in [1.82, 2.24) is 0 Å². The summed E-state index contributed by atoms with van der Waals surface area (Å²) >= 11 is 0. The molecule has 1 fully saturated rings. The molecule has 0 saturated carbocycles. The zero-order valence-corrected chi connectivity index (χ0v) is 21.4. The lowest BCUT2D eigenvalue weighted by Gasteiger charge is -2.44. The van der Waals surface area contributed by atoms with Crippen LogP contribution in [0.15, 0.2) is 35.9 Å². The van der Waals surface area contributed by atoms with Crippen LogP contribution in [0.4, 0.5) is 0 Å². The maximum Gasteiger partial charge on any atom is 0.338 e. The van der Waals surface area contributed by atoms with E-state index in [0.717, 1.165) is 12.1 Å². The summed E-state index contributed by atoms with van der Waals surface area (Å²) in [5, 5.41) is 70.8. The number of carbonyl (C=O) groups is 2. The van der Waals surface area contributed by atoms with Crippen LogP contribution in [-0.4, -0.2) is 96.5 Å². The number of phenolic OH excluding ortho intramolecular Hbond substituents is 3. The van der Waals surface area contributed by atoms with Gasteiger partial charge < -0.3 is 50.0 Å². The van der Waals surface area contributed by atoms with E-state index in [-0.39, 0.29) is 17.8 Å². The van der Waals surface area contributed by atoms with Crippen LogP contribution in [0.1, 0.15) is 44.5 Å². The Kier molecular flexibility index (Phi) is 8.56. The highest BCUT2D eigenvalue weighted by Gasteiger charge is 2.47. The first-order chi connectivity index (χ1) is 17.6. The maximum absolute atomic E-state index is 12.3. The van der Waals surface area contributed by atoms with Crippen molar-refractivity contribution in [2.24, 2.45) is 5.41 Å². The van der Waals surface area contributed by atoms with Gasteiger partial charge in [-0.25, -0.2) is 4.79 Å². The lowest BCUT2D eigenvalue weighted by Crippen LogP contribution is -2.59. The van der Waals surface area contributed by atoms with Crippen LogP contribution in [0.2, 0.25) is 0 Å². The SMILES string of the molecule is CC1=CC(=O)CC(C)(C)[C@@]1(O)/C=C/[C@@H](C)O[C@H]1O[C@@H](COC(=O)c2cc(O)c(O)c(O)c2)[C@H](O)[C@@H](O)[C@@H]1O. The van der Waals surface area contributed by atoms with E-state index in [2.05, 4.69) is 0 Å². The highest BCUT2D eigenvalue weighted by atomic mass is 16.7. The summed E-state index contributed by atoms with van der Waals surface area (Å²) in [5.74, 6) is -3.44. The summed E-state index contributed by atoms with van der Waals surface area (Å²) in [6.45, 7) is 6.16. The van der Waals surface area contributed by atoms with Gasteiger partial charge in [0.05, 0.1) is 11.7 Å². The van der Waals surface area contributed by atoms with E-state index >= 15 is 0 Å². The fourth-order valence-corrected chi connectivity index (χ4v) is 4.53. The van der Waals surface area contributed by atoms with Crippen LogP contribution in [0, 0.1) is 5.41 Å². The molecule has 7 atom stereocenters. The first-order valence-electron chi connectivity index (χ1n) is 12.0. The average molecular weight is 539 g/mol. The summed E-state index contributed by atoms with van der Waals surface area (Å²) in [6, 6.07) is 1.73. The molecule has 1 aliphatic carbocycles. The Bertz CT molecular complexity index is 1100. The number of ether oxygens (including phenoxy) is 3. The molecule has 1 aliphatic heterocycles. The predicted octanol–water partition coefficient (Wildman–Crippen LogP) is 0.405. The second kappa shape index (κ2) is 11.0. The number of phenols is 3. The van der Waals surface area contributed by atoms with Crippen LogP contribution in [0.25, 0.3) is 0 Å². The molecule has 3 rings (SSSR count). The van der Waals surface area contributed by atoms with Crippen molar-refractivity contribution < 1.29 is 59.5 Å². The third kappa shape index (κ3) is 5.85. The van der Waals surface area contributed by atoms with Gasteiger partial charge in [-0.3, -0.25) is 4.79 Å². The molecule has 0 aromatic heterocycles. The first kappa shape index (κ1) is 29.6. The molecule has 7 N–H and O–H groups in total. The van der Waals surface area contributed by atoms with E-state index in [1.54, 1.807) is 27.7 Å². The van der Waals surface area contributed by atoms with Gasteiger partial charge >= 0.3 is 5.97 Å². The van der Waals surface area contributed by atoms with E-state index < -0.39 is 77.7 Å². The first-order valence-corrected chi connectivity index (χ1v) is 12.0. The average Bonchev–Trinajstić information content (AvgIpc) is 2.83. The number of rotatable bonds is 7. The monoisotopic (exact) mass is 538 g/mol. The van der Waals surface area contributed by atoms with Gasteiger partial charge in [-0.15, -0.1) is 0 Å². The van der Waals surface area contributed by atoms with E-state index in [1.807, 2.05) is 0 Å². The van der Waals surface area contributed by atoms with E-state index in [1.165, 1.54) is 18.2 Å². The maximum atomic E-state index is 12.3. The second-order valence-electron chi connectivity index (χ2n) is 10.3. The minimum absolute atomic E-state index is 0.0908. The van der Waals surface area contributed by atoms with Crippen molar-refractivity contribution in [3.63, 3.8) is 0 Å². The molecule has 0 unspecified atom stereocenters. The van der Waals surface area contributed by atoms with E-state index in [4.69, 9.17) is 14.2 Å². The van der Waals surface area contributed by atoms with Crippen molar-refractivity contribution in [3.8, 4) is 17.2 Å². The molecule has 12 heteroatoms. The van der Waals surface area contributed by atoms with Gasteiger partial charge in [-0.1, -0.05) is 19.9 Å². The number of aliphatic hydroxyl groups is 4. The number of benzene rings is 1. The number of esters is 1. The fraction of sp³-hybridized carbons (Fsp3) is 0.538. The van der Waals surface area contributed by atoms with Crippen LogP contribution < -0.4 is 0 Å². The molecule has 38 heavy (non-hydrogen) atoms. The molecular weight excluding hydrogens is 504 g/mol. The summed E-state index contributed by atoms with van der Waals surface area (Å²) < 4.78 is 16.3. The third-order valence-electron chi connectivity index (χ3n) is 6.94. The summed E-state index contributed by atoms with van der Waals surface area (Å²) in [4.78, 5) is 24.2. The molecule has 1 saturated heterocycles. The van der Waals surface area contributed by atoms with Gasteiger partial charge in [-0.05, 0) is 43.7 Å². The normalized spacial score (nSPS) is 32.2. The molecule has 0 radical (unpaired) electrons. The molecule has 210 valence electrons. The summed E-state index contributed by atoms with van der Waals surface area (Å²) in [6.07, 6.45) is -4.04. The number of hydrogen-bond acceptors (Lipinski definition) is 12. The highest BCUT2D eigenvalue weighted by molar-refractivity contribution is 5.93. The summed E-state index contributed by atoms with van der Waals surface area (Å²) in [7, 11) is 0. The molecule has 1 heterocycles. The molecule has 2 aliphatic rings. The molecule has 12 nitrogen and oxygen atoms in total. The molecule has 1 aromatic rings. The van der Waals surface area contributed by atoms with Crippen molar-refractivity contribution >= 4 is 11.8 Å². The second-order valence-corrected chi connectivity index (χ2v) is 10.3. The van der Waals surface area contributed by atoms with Crippen LogP contribution in [0.3, 0.4) is 0 Å². The van der Waals surface area contributed by atoms with Crippen LogP contribution in [0.5, 0.6) is 17.2 Å². The van der Waals surface area contributed by atoms with Gasteiger partial charge in [-0.2, -0.15) is 0 Å². The Labute approximate surface area is 219 Å². The summed E-state index contributed by atoms with van der Waals surface area (Å²) in [5.41, 5.74) is -2.06. The quantitative estimate of drug-likeness (QED) is 0.143. The lowest BCUT2D eigenvalue weighted by atomic mass is 9.64. The van der Waals surface area contributed by atoms with Crippen LogP contribution >= 0.6 is 0 Å². The van der Waals surface area contributed by atoms with Crippen molar-refractivity contribution in [1.29, 1.82) is 0 Å². The van der Waals surface area contributed by atoms with Gasteiger partial charge in [0.1, 0.15) is 36.6 Å². The molecule has 0 amide bonds. The fourth-order valence-electron chi connectivity index (χ4n) is 4.53. The third-order valence-corrected chi connectivity index (χ3v) is 6.94. The highest BCUT2D eigenvalue weighted by Crippen LogP contribution is 2.44. The Morgan fingerprint density at radius 1 is 1.13 bits per heavy atom. The molecular formula is C26H34O12. The topological polar surface area (TPSA) is 203 Å². The zero-order chi connectivity index (χ0) is 28.6. The van der Waals surface area contributed by atoms with Crippen molar-refractivity contribution in [2.45, 2.75) is 76.5 Å². The number of allylic oxidation sites excluding steroid dienone is 1. The predicted molar refractivity (Wildman–Crippen MR) is 130 cm³/mol. The smallest absolute Gasteiger partial charge is 0.338 e. The molecule has 1 aromatic carbocycles. The molecule has 0 bridgehead atoms. The van der Waals surface area contributed by atoms with Crippen LogP contribution in [-0.2, 0) is 19.0 Å². The number of aromatic hydroxyl groups is 3. The molecule has 0 spiro atoms.